The maximum absolute atomic E-state index is 13.7. The lowest BCUT2D eigenvalue weighted by Crippen LogP contribution is -2.35. The highest BCUT2D eigenvalue weighted by atomic mass is 35.5. The van der Waals surface area contributed by atoms with Crippen molar-refractivity contribution in [2.45, 2.75) is 12.8 Å². The molecule has 1 aromatic carbocycles. The minimum Gasteiger partial charge on any atom is -0.396 e. The molecule has 1 heterocycles. The third-order valence-electron chi connectivity index (χ3n) is 3.17. The van der Waals surface area contributed by atoms with Crippen LogP contribution in [0.15, 0.2) is 12.1 Å². The summed E-state index contributed by atoms with van der Waals surface area (Å²) >= 11 is 5.58. The summed E-state index contributed by atoms with van der Waals surface area (Å²) in [4.78, 5) is 1.67. The van der Waals surface area contributed by atoms with E-state index >= 15 is 0 Å². The van der Waals surface area contributed by atoms with Gasteiger partial charge in [-0.2, -0.15) is 0 Å². The fraction of sp³-hybridized carbons (Fsp3) is 0.500. The van der Waals surface area contributed by atoms with E-state index in [1.807, 2.05) is 0 Å². The first kappa shape index (κ1) is 12.6. The van der Waals surface area contributed by atoms with Gasteiger partial charge in [0.15, 0.2) is 11.6 Å². The summed E-state index contributed by atoms with van der Waals surface area (Å²) in [5, 5.41) is 9.07. The molecule has 1 N–H and O–H groups in total. The molecule has 1 saturated heterocycles. The van der Waals surface area contributed by atoms with Gasteiger partial charge in [0.05, 0.1) is 0 Å². The maximum Gasteiger partial charge on any atom is 0.150 e. The molecule has 5 heteroatoms. The Morgan fingerprint density at radius 1 is 1.24 bits per heavy atom. The number of rotatable bonds is 2. The van der Waals surface area contributed by atoms with Gasteiger partial charge in [0.1, 0.15) is 5.69 Å². The van der Waals surface area contributed by atoms with Gasteiger partial charge in [0, 0.05) is 24.7 Å². The van der Waals surface area contributed by atoms with Crippen LogP contribution in [-0.2, 0) is 0 Å². The SMILES string of the molecule is OCC1CCN(c2c(F)cc(Cl)cc2F)CC1. The topological polar surface area (TPSA) is 23.5 Å². The molecule has 0 amide bonds. The number of anilines is 1. The zero-order chi connectivity index (χ0) is 12.4. The highest BCUT2D eigenvalue weighted by Crippen LogP contribution is 2.30. The lowest BCUT2D eigenvalue weighted by Gasteiger charge is -2.33. The number of nitrogens with zero attached hydrogens (tertiary/aromatic N) is 1. The summed E-state index contributed by atoms with van der Waals surface area (Å²) in [6, 6.07) is 2.25. The molecular formula is C12H14ClF2NO. The summed E-state index contributed by atoms with van der Waals surface area (Å²) in [5.74, 6) is -1.01. The van der Waals surface area contributed by atoms with Gasteiger partial charge in [-0.15, -0.1) is 0 Å². The molecular weight excluding hydrogens is 248 g/mol. The van der Waals surface area contributed by atoms with E-state index in [0.29, 0.717) is 13.1 Å². The summed E-state index contributed by atoms with van der Waals surface area (Å²) in [5.41, 5.74) is -0.00853. The van der Waals surface area contributed by atoms with Crippen LogP contribution in [0, 0.1) is 17.6 Å². The molecule has 0 bridgehead atoms. The number of aliphatic hydroxyl groups excluding tert-OH is 1. The van der Waals surface area contributed by atoms with Gasteiger partial charge >= 0.3 is 0 Å². The lowest BCUT2D eigenvalue weighted by molar-refractivity contribution is 0.202. The molecule has 2 rings (SSSR count). The van der Waals surface area contributed by atoms with E-state index in [4.69, 9.17) is 16.7 Å². The largest absolute Gasteiger partial charge is 0.396 e. The van der Waals surface area contributed by atoms with Gasteiger partial charge < -0.3 is 10.0 Å². The normalized spacial score (nSPS) is 17.5. The van der Waals surface area contributed by atoms with E-state index in [1.54, 1.807) is 4.90 Å². The Labute approximate surface area is 104 Å². The van der Waals surface area contributed by atoms with Crippen LogP contribution in [-0.4, -0.2) is 24.8 Å². The van der Waals surface area contributed by atoms with Crippen molar-refractivity contribution in [2.24, 2.45) is 5.92 Å². The Bertz CT molecular complexity index is 382. The second kappa shape index (κ2) is 5.19. The fourth-order valence-electron chi connectivity index (χ4n) is 2.18. The summed E-state index contributed by atoms with van der Waals surface area (Å²) in [6.45, 7) is 1.25. The Morgan fingerprint density at radius 2 is 1.76 bits per heavy atom. The molecule has 1 aliphatic heterocycles. The zero-order valence-corrected chi connectivity index (χ0v) is 10.1. The molecule has 1 fully saturated rings. The first-order valence-electron chi connectivity index (χ1n) is 5.62. The van der Waals surface area contributed by atoms with Crippen LogP contribution in [0.4, 0.5) is 14.5 Å². The van der Waals surface area contributed by atoms with Gasteiger partial charge in [-0.05, 0) is 30.9 Å². The number of hydrogen-bond acceptors (Lipinski definition) is 2. The van der Waals surface area contributed by atoms with Crippen molar-refractivity contribution in [2.75, 3.05) is 24.6 Å². The van der Waals surface area contributed by atoms with Crippen LogP contribution >= 0.6 is 11.6 Å². The Hall–Kier alpha value is -0.870. The molecule has 2 nitrogen and oxygen atoms in total. The van der Waals surface area contributed by atoms with Gasteiger partial charge in [0.2, 0.25) is 0 Å². The third-order valence-corrected chi connectivity index (χ3v) is 3.39. The second-order valence-electron chi connectivity index (χ2n) is 4.33. The molecule has 17 heavy (non-hydrogen) atoms. The summed E-state index contributed by atoms with van der Waals surface area (Å²) in [6.07, 6.45) is 1.50. The minimum absolute atomic E-state index is 0.00853. The van der Waals surface area contributed by atoms with Crippen LogP contribution in [0.3, 0.4) is 0 Å². The van der Waals surface area contributed by atoms with E-state index in [-0.39, 0.29) is 23.2 Å². The van der Waals surface area contributed by atoms with Crippen LogP contribution in [0.2, 0.25) is 5.02 Å². The van der Waals surface area contributed by atoms with E-state index in [9.17, 15) is 8.78 Å². The zero-order valence-electron chi connectivity index (χ0n) is 9.30. The van der Waals surface area contributed by atoms with Gasteiger partial charge in [-0.1, -0.05) is 11.6 Å². The molecule has 0 atom stereocenters. The predicted molar refractivity (Wildman–Crippen MR) is 63.4 cm³/mol. The van der Waals surface area contributed by atoms with Gasteiger partial charge in [-0.25, -0.2) is 8.78 Å². The molecule has 94 valence electrons. The molecule has 0 unspecified atom stereocenters. The van der Waals surface area contributed by atoms with Crippen LogP contribution in [0.5, 0.6) is 0 Å². The average molecular weight is 262 g/mol. The standard InChI is InChI=1S/C12H14ClF2NO/c13-9-5-10(14)12(11(15)6-9)16-3-1-8(7-17)2-4-16/h5-6,8,17H,1-4,7H2. The average Bonchev–Trinajstić information content (AvgIpc) is 2.28. The number of hydrogen-bond donors (Lipinski definition) is 1. The minimum atomic E-state index is -0.627. The van der Waals surface area contributed by atoms with Crippen molar-refractivity contribution in [1.29, 1.82) is 0 Å². The number of aliphatic hydroxyl groups is 1. The Balaban J connectivity index is 2.18. The molecule has 0 aromatic heterocycles. The molecule has 1 aromatic rings. The maximum atomic E-state index is 13.7. The molecule has 0 spiro atoms. The Morgan fingerprint density at radius 3 is 2.24 bits per heavy atom. The van der Waals surface area contributed by atoms with Crippen molar-refractivity contribution in [3.8, 4) is 0 Å². The number of halogens is 3. The third kappa shape index (κ3) is 2.69. The van der Waals surface area contributed by atoms with Crippen LogP contribution in [0.25, 0.3) is 0 Å². The number of benzene rings is 1. The predicted octanol–water partition coefficient (Wildman–Crippen LogP) is 2.83. The van der Waals surface area contributed by atoms with E-state index in [1.165, 1.54) is 0 Å². The van der Waals surface area contributed by atoms with E-state index in [2.05, 4.69) is 0 Å². The van der Waals surface area contributed by atoms with Crippen LogP contribution < -0.4 is 4.90 Å². The van der Waals surface area contributed by atoms with Crippen molar-refractivity contribution in [1.82, 2.24) is 0 Å². The monoisotopic (exact) mass is 261 g/mol. The molecule has 1 aliphatic rings. The van der Waals surface area contributed by atoms with Gasteiger partial charge in [-0.3, -0.25) is 0 Å². The molecule has 0 radical (unpaired) electrons. The molecule has 0 saturated carbocycles. The first-order valence-corrected chi connectivity index (χ1v) is 6.00. The van der Waals surface area contributed by atoms with E-state index in [0.717, 1.165) is 25.0 Å². The first-order chi connectivity index (χ1) is 8.11. The van der Waals surface area contributed by atoms with Gasteiger partial charge in [0.25, 0.3) is 0 Å². The molecule has 0 aliphatic carbocycles. The smallest absolute Gasteiger partial charge is 0.150 e. The highest BCUT2D eigenvalue weighted by Gasteiger charge is 2.23. The van der Waals surface area contributed by atoms with Crippen molar-refractivity contribution in [3.05, 3.63) is 28.8 Å². The van der Waals surface area contributed by atoms with Crippen molar-refractivity contribution >= 4 is 17.3 Å². The van der Waals surface area contributed by atoms with E-state index < -0.39 is 11.6 Å². The number of piperidine rings is 1. The Kier molecular flexibility index (Phi) is 3.84. The van der Waals surface area contributed by atoms with Crippen molar-refractivity contribution in [3.63, 3.8) is 0 Å². The van der Waals surface area contributed by atoms with Crippen LogP contribution in [0.1, 0.15) is 12.8 Å². The lowest BCUT2D eigenvalue weighted by atomic mass is 9.97. The van der Waals surface area contributed by atoms with Crippen molar-refractivity contribution < 1.29 is 13.9 Å². The quantitative estimate of drug-likeness (QED) is 0.885. The second-order valence-corrected chi connectivity index (χ2v) is 4.77. The summed E-state index contributed by atoms with van der Waals surface area (Å²) < 4.78 is 27.3. The highest BCUT2D eigenvalue weighted by molar-refractivity contribution is 6.30. The summed E-state index contributed by atoms with van der Waals surface area (Å²) in [7, 11) is 0. The fourth-order valence-corrected chi connectivity index (χ4v) is 2.37.